The van der Waals surface area contributed by atoms with E-state index in [1.807, 2.05) is 6.92 Å². The number of hydrogen-bond donors (Lipinski definition) is 2. The number of carbonyl (C=O) groups is 1. The van der Waals surface area contributed by atoms with Crippen molar-refractivity contribution in [3.8, 4) is 0 Å². The van der Waals surface area contributed by atoms with Gasteiger partial charge in [0.05, 0.1) is 35.7 Å². The normalized spacial score (nSPS) is 55.4. The molecule has 2 saturated carbocycles. The first-order valence-electron chi connectivity index (χ1n) is 10.2. The van der Waals surface area contributed by atoms with Crippen LogP contribution in [0.5, 0.6) is 0 Å². The van der Waals surface area contributed by atoms with Crippen molar-refractivity contribution < 1.29 is 24.1 Å². The minimum atomic E-state index is -0.958. The highest BCUT2D eigenvalue weighted by Gasteiger charge is 2.69. The van der Waals surface area contributed by atoms with E-state index in [2.05, 4.69) is 12.2 Å². The van der Waals surface area contributed by atoms with Crippen molar-refractivity contribution in [2.45, 2.75) is 87.0 Å². The zero-order valence-corrected chi connectivity index (χ0v) is 17.3. The number of methoxy groups -OCH3 is 2. The van der Waals surface area contributed by atoms with Crippen molar-refractivity contribution in [1.29, 1.82) is 0 Å². The first-order chi connectivity index (χ1) is 12.8. The fourth-order valence-corrected chi connectivity index (χ4v) is 6.59. The number of fused-ring (bicyclic) bond motifs is 3. The highest BCUT2D eigenvalue weighted by atomic mass is 35.5. The molecule has 7 heteroatoms. The van der Waals surface area contributed by atoms with Crippen molar-refractivity contribution in [3.63, 3.8) is 0 Å². The first-order valence-corrected chi connectivity index (χ1v) is 10.6. The van der Waals surface area contributed by atoms with E-state index in [4.69, 9.17) is 25.8 Å². The van der Waals surface area contributed by atoms with Crippen LogP contribution < -0.4 is 5.32 Å². The molecule has 0 aromatic rings. The van der Waals surface area contributed by atoms with Gasteiger partial charge in [0, 0.05) is 38.6 Å². The zero-order chi connectivity index (χ0) is 19.5. The van der Waals surface area contributed by atoms with Crippen LogP contribution in [0.1, 0.15) is 39.5 Å². The lowest BCUT2D eigenvalue weighted by atomic mass is 9.60. The number of ketones is 1. The van der Waals surface area contributed by atoms with Gasteiger partial charge in [0.2, 0.25) is 0 Å². The molecule has 0 radical (unpaired) electrons. The van der Waals surface area contributed by atoms with Gasteiger partial charge in [0.1, 0.15) is 5.60 Å². The molecule has 6 nitrogen and oxygen atoms in total. The van der Waals surface area contributed by atoms with Crippen LogP contribution in [0.2, 0.25) is 0 Å². The summed E-state index contributed by atoms with van der Waals surface area (Å²) < 4.78 is 17.9. The molecule has 2 N–H and O–H groups in total. The lowest BCUT2D eigenvalue weighted by Crippen LogP contribution is -2.70. The Morgan fingerprint density at radius 2 is 1.89 bits per heavy atom. The maximum absolute atomic E-state index is 13.9. The number of halogens is 1. The van der Waals surface area contributed by atoms with Crippen LogP contribution in [0.4, 0.5) is 0 Å². The van der Waals surface area contributed by atoms with Crippen molar-refractivity contribution in [3.05, 3.63) is 0 Å². The van der Waals surface area contributed by atoms with Crippen molar-refractivity contribution >= 4 is 17.4 Å². The van der Waals surface area contributed by atoms with E-state index >= 15 is 0 Å². The Balaban J connectivity index is 1.74. The lowest BCUT2D eigenvalue weighted by molar-refractivity contribution is -0.179. The number of piperidine rings is 1. The molecular formula is C20H32ClNO5. The minimum absolute atomic E-state index is 0.0227. The van der Waals surface area contributed by atoms with E-state index in [1.165, 1.54) is 0 Å². The summed E-state index contributed by atoms with van der Waals surface area (Å²) in [4.78, 5) is 13.9. The van der Waals surface area contributed by atoms with Gasteiger partial charge in [-0.25, -0.2) is 0 Å². The third-order valence-electron chi connectivity index (χ3n) is 7.62. The number of aliphatic hydroxyl groups is 1. The SMILES string of the molecule is COC1CC(OC)C2C(=O)[C@@]3(OC2C1Cl)C1NC(C)CCC1[C@@H](O)C[C@H]3C. The molecule has 2 saturated heterocycles. The molecule has 0 amide bonds. The molecule has 11 atom stereocenters. The second-order valence-corrected chi connectivity index (χ2v) is 9.49. The summed E-state index contributed by atoms with van der Waals surface area (Å²) in [5.74, 6) is -0.363. The Morgan fingerprint density at radius 1 is 1.19 bits per heavy atom. The summed E-state index contributed by atoms with van der Waals surface area (Å²) in [6.07, 6.45) is 1.74. The van der Waals surface area contributed by atoms with E-state index in [0.29, 0.717) is 12.8 Å². The summed E-state index contributed by atoms with van der Waals surface area (Å²) in [6, 6.07) is 0.0943. The van der Waals surface area contributed by atoms with Crippen LogP contribution in [-0.4, -0.2) is 72.6 Å². The molecule has 4 fully saturated rings. The van der Waals surface area contributed by atoms with Gasteiger partial charge in [-0.05, 0) is 32.1 Å². The molecule has 0 bridgehead atoms. The van der Waals surface area contributed by atoms with Gasteiger partial charge in [-0.15, -0.1) is 11.6 Å². The second-order valence-electron chi connectivity index (χ2n) is 8.98. The fourth-order valence-electron chi connectivity index (χ4n) is 6.18. The molecule has 8 unspecified atom stereocenters. The molecule has 2 heterocycles. The van der Waals surface area contributed by atoms with Crippen molar-refractivity contribution in [2.24, 2.45) is 17.8 Å². The molecule has 2 aliphatic carbocycles. The average Bonchev–Trinajstić information content (AvgIpc) is 2.96. The van der Waals surface area contributed by atoms with Gasteiger partial charge in [-0.3, -0.25) is 4.79 Å². The molecule has 4 aliphatic rings. The highest BCUT2D eigenvalue weighted by molar-refractivity contribution is 6.22. The smallest absolute Gasteiger partial charge is 0.174 e. The van der Waals surface area contributed by atoms with Crippen LogP contribution >= 0.6 is 11.6 Å². The predicted molar refractivity (Wildman–Crippen MR) is 101 cm³/mol. The number of Topliss-reactive ketones (excluding diaryl/α,β-unsaturated/α-hetero) is 1. The molecule has 0 aromatic heterocycles. The monoisotopic (exact) mass is 401 g/mol. The summed E-state index contributed by atoms with van der Waals surface area (Å²) in [5, 5.41) is 13.9. The zero-order valence-electron chi connectivity index (χ0n) is 16.6. The maximum Gasteiger partial charge on any atom is 0.174 e. The van der Waals surface area contributed by atoms with E-state index in [1.54, 1.807) is 14.2 Å². The minimum Gasteiger partial charge on any atom is -0.393 e. The van der Waals surface area contributed by atoms with Gasteiger partial charge in [0.25, 0.3) is 0 Å². The molecular weight excluding hydrogens is 370 g/mol. The number of hydrogen-bond acceptors (Lipinski definition) is 6. The van der Waals surface area contributed by atoms with Gasteiger partial charge >= 0.3 is 0 Å². The molecule has 1 spiro atoms. The number of carbonyl (C=O) groups excluding carboxylic acids is 1. The fraction of sp³-hybridized carbons (Fsp3) is 0.950. The van der Waals surface area contributed by atoms with Gasteiger partial charge in [0.15, 0.2) is 5.78 Å². The maximum atomic E-state index is 13.9. The first kappa shape index (κ1) is 20.0. The Bertz CT molecular complexity index is 591. The van der Waals surface area contributed by atoms with Crippen LogP contribution in [0.25, 0.3) is 0 Å². The molecule has 4 rings (SSSR count). The third kappa shape index (κ3) is 2.82. The van der Waals surface area contributed by atoms with Crippen LogP contribution in [0.3, 0.4) is 0 Å². The van der Waals surface area contributed by atoms with Crippen molar-refractivity contribution in [2.75, 3.05) is 14.2 Å². The van der Waals surface area contributed by atoms with E-state index in [-0.39, 0.29) is 47.8 Å². The lowest BCUT2D eigenvalue weighted by Gasteiger charge is -2.53. The second kappa shape index (κ2) is 7.22. The highest BCUT2D eigenvalue weighted by Crippen LogP contribution is 2.53. The van der Waals surface area contributed by atoms with E-state index in [0.717, 1.165) is 12.8 Å². The Hall–Kier alpha value is -0.240. The number of aliphatic hydroxyl groups excluding tert-OH is 1. The summed E-state index contributed by atoms with van der Waals surface area (Å²) in [6.45, 7) is 4.15. The molecule has 2 aliphatic heterocycles. The molecule has 0 aromatic carbocycles. The quantitative estimate of drug-likeness (QED) is 0.683. The Morgan fingerprint density at radius 3 is 2.56 bits per heavy atom. The summed E-state index contributed by atoms with van der Waals surface area (Å²) in [5.41, 5.74) is -0.958. The number of nitrogens with one attached hydrogen (secondary N) is 1. The topological polar surface area (TPSA) is 77.0 Å². The van der Waals surface area contributed by atoms with E-state index in [9.17, 15) is 9.90 Å². The molecule has 27 heavy (non-hydrogen) atoms. The van der Waals surface area contributed by atoms with Gasteiger partial charge < -0.3 is 24.6 Å². The average molecular weight is 402 g/mol. The largest absolute Gasteiger partial charge is 0.393 e. The van der Waals surface area contributed by atoms with Crippen LogP contribution in [-0.2, 0) is 19.0 Å². The molecule has 154 valence electrons. The summed E-state index contributed by atoms with van der Waals surface area (Å²) in [7, 11) is 3.28. The number of alkyl halides is 1. The predicted octanol–water partition coefficient (Wildman–Crippen LogP) is 1.51. The number of rotatable bonds is 2. The number of ether oxygens (including phenoxy) is 3. The van der Waals surface area contributed by atoms with Gasteiger partial charge in [-0.2, -0.15) is 0 Å². The van der Waals surface area contributed by atoms with Crippen molar-refractivity contribution in [1.82, 2.24) is 5.32 Å². The Labute approximate surface area is 166 Å². The summed E-state index contributed by atoms with van der Waals surface area (Å²) >= 11 is 6.73. The third-order valence-corrected chi connectivity index (χ3v) is 8.15. The van der Waals surface area contributed by atoms with Crippen LogP contribution in [0, 0.1) is 17.8 Å². The standard InChI is InChI=1S/C20H32ClNO5/c1-9-7-12(23)11-6-5-10(2)22-18(11)20(9)19(24)15-13(25-3)8-14(26-4)16(21)17(15)27-20/h9-18,22-23H,5-8H2,1-4H3/t9-,10?,11?,12+,13?,14?,15?,16?,17?,18?,20+/m1/s1. The van der Waals surface area contributed by atoms with Gasteiger partial charge in [-0.1, -0.05) is 6.92 Å². The van der Waals surface area contributed by atoms with Crippen LogP contribution in [0.15, 0.2) is 0 Å². The Kier molecular flexibility index (Phi) is 5.36. The van der Waals surface area contributed by atoms with E-state index < -0.39 is 23.2 Å².